The topological polar surface area (TPSA) is 110 Å². The van der Waals surface area contributed by atoms with E-state index in [2.05, 4.69) is 5.32 Å². The van der Waals surface area contributed by atoms with Gasteiger partial charge in [0, 0.05) is 18.7 Å². The molecular weight excluding hydrogens is 384 g/mol. The molecule has 1 aliphatic rings. The summed E-state index contributed by atoms with van der Waals surface area (Å²) in [6.45, 7) is 4.88. The number of nitrogens with one attached hydrogen (secondary N) is 1. The van der Waals surface area contributed by atoms with Gasteiger partial charge in [0.2, 0.25) is 0 Å². The monoisotopic (exact) mass is 410 g/mol. The van der Waals surface area contributed by atoms with Gasteiger partial charge in [-0.25, -0.2) is 8.42 Å². The lowest BCUT2D eigenvalue weighted by Gasteiger charge is -2.26. The molecule has 28 heavy (non-hydrogen) atoms. The van der Waals surface area contributed by atoms with Gasteiger partial charge >= 0.3 is 5.97 Å². The average Bonchev–Trinajstić information content (AvgIpc) is 3.00. The van der Waals surface area contributed by atoms with Crippen molar-refractivity contribution in [1.29, 1.82) is 0 Å². The number of likely N-dealkylation sites (N-methyl/N-ethyl adjacent to an activating group) is 1. The molecule has 2 atom stereocenters. The first-order valence-corrected chi connectivity index (χ1v) is 10.8. The number of benzene rings is 1. The molecule has 0 unspecified atom stereocenters. The number of hydrogen-bond acceptors (Lipinski definition) is 6. The minimum absolute atomic E-state index is 0.0496. The Balaban J connectivity index is 1.83. The van der Waals surface area contributed by atoms with Crippen molar-refractivity contribution in [1.82, 2.24) is 10.2 Å². The van der Waals surface area contributed by atoms with Crippen LogP contribution in [0.25, 0.3) is 0 Å². The zero-order chi connectivity index (χ0) is 21.1. The molecule has 1 N–H and O–H groups in total. The molecule has 0 aromatic heterocycles. The molecule has 1 fully saturated rings. The molecule has 1 heterocycles. The maximum atomic E-state index is 12.4. The summed E-state index contributed by atoms with van der Waals surface area (Å²) in [7, 11) is -1.62. The largest absolute Gasteiger partial charge is 0.451 e. The molecule has 0 saturated carbocycles. The summed E-state index contributed by atoms with van der Waals surface area (Å²) in [5.74, 6) is -1.66. The van der Waals surface area contributed by atoms with Crippen LogP contribution >= 0.6 is 0 Å². The standard InChI is InChI=1S/C19H26N2O6S/c1-12-5-6-15(9-13(12)2)18(23)20-10-17(22)27-14(3)19(24)21(4)16-7-8-28(25,26)11-16/h5-6,9,14,16H,7-8,10-11H2,1-4H3,(H,20,23)/t14-,16+/m0/s1. The van der Waals surface area contributed by atoms with Gasteiger partial charge in [-0.1, -0.05) is 6.07 Å². The number of carbonyl (C=O) groups excluding carboxylic acids is 3. The molecule has 0 spiro atoms. The van der Waals surface area contributed by atoms with Crippen molar-refractivity contribution >= 4 is 27.6 Å². The van der Waals surface area contributed by atoms with Crippen LogP contribution in [0.5, 0.6) is 0 Å². The number of esters is 1. The Morgan fingerprint density at radius 2 is 1.93 bits per heavy atom. The van der Waals surface area contributed by atoms with Gasteiger partial charge in [-0.3, -0.25) is 14.4 Å². The number of hydrogen-bond donors (Lipinski definition) is 1. The van der Waals surface area contributed by atoms with Crippen LogP contribution in [-0.4, -0.2) is 68.3 Å². The van der Waals surface area contributed by atoms with Crippen LogP contribution < -0.4 is 5.32 Å². The summed E-state index contributed by atoms with van der Waals surface area (Å²) < 4.78 is 28.2. The highest BCUT2D eigenvalue weighted by atomic mass is 32.2. The fourth-order valence-electron chi connectivity index (χ4n) is 2.97. The third-order valence-corrected chi connectivity index (χ3v) is 6.67. The van der Waals surface area contributed by atoms with Gasteiger partial charge in [0.1, 0.15) is 6.54 Å². The van der Waals surface area contributed by atoms with Gasteiger partial charge in [-0.2, -0.15) is 0 Å². The van der Waals surface area contributed by atoms with Crippen molar-refractivity contribution in [3.05, 3.63) is 34.9 Å². The van der Waals surface area contributed by atoms with E-state index in [0.717, 1.165) is 11.1 Å². The molecule has 0 bridgehead atoms. The number of sulfone groups is 1. The fraction of sp³-hybridized carbons (Fsp3) is 0.526. The number of amides is 2. The molecule has 2 rings (SSSR count). The van der Waals surface area contributed by atoms with Crippen molar-refractivity contribution in [3.63, 3.8) is 0 Å². The lowest BCUT2D eigenvalue weighted by atomic mass is 10.1. The number of nitrogens with zero attached hydrogens (tertiary/aromatic N) is 1. The molecule has 1 saturated heterocycles. The summed E-state index contributed by atoms with van der Waals surface area (Å²) in [5.41, 5.74) is 2.45. The molecule has 1 aromatic carbocycles. The zero-order valence-electron chi connectivity index (χ0n) is 16.5. The van der Waals surface area contributed by atoms with E-state index in [9.17, 15) is 22.8 Å². The number of rotatable bonds is 6. The Morgan fingerprint density at radius 1 is 1.25 bits per heavy atom. The molecule has 1 aromatic rings. The van der Waals surface area contributed by atoms with E-state index in [4.69, 9.17) is 4.74 Å². The summed E-state index contributed by atoms with van der Waals surface area (Å²) in [5, 5.41) is 2.47. The predicted molar refractivity (Wildman–Crippen MR) is 104 cm³/mol. The van der Waals surface area contributed by atoms with Gasteiger partial charge in [-0.05, 0) is 50.5 Å². The van der Waals surface area contributed by atoms with E-state index in [1.807, 2.05) is 19.9 Å². The first-order valence-electron chi connectivity index (χ1n) is 9.02. The van der Waals surface area contributed by atoms with E-state index in [1.165, 1.54) is 18.9 Å². The minimum atomic E-state index is -3.12. The quantitative estimate of drug-likeness (QED) is 0.688. The Labute approximate surface area is 165 Å². The second-order valence-electron chi connectivity index (χ2n) is 7.12. The van der Waals surface area contributed by atoms with E-state index >= 15 is 0 Å². The molecule has 0 aliphatic carbocycles. The van der Waals surface area contributed by atoms with Crippen molar-refractivity contribution in [2.75, 3.05) is 25.1 Å². The summed E-state index contributed by atoms with van der Waals surface area (Å²) in [4.78, 5) is 37.8. The van der Waals surface area contributed by atoms with Crippen LogP contribution in [0, 0.1) is 13.8 Å². The molecule has 8 nitrogen and oxygen atoms in total. The Bertz CT molecular complexity index is 880. The minimum Gasteiger partial charge on any atom is -0.451 e. The molecular formula is C19H26N2O6S. The molecule has 1 aliphatic heterocycles. The Kier molecular flexibility index (Phi) is 6.82. The Morgan fingerprint density at radius 3 is 2.50 bits per heavy atom. The normalized spacial score (nSPS) is 18.9. The van der Waals surface area contributed by atoms with Gasteiger partial charge in [0.15, 0.2) is 15.9 Å². The van der Waals surface area contributed by atoms with Gasteiger partial charge < -0.3 is 15.0 Å². The average molecular weight is 410 g/mol. The van der Waals surface area contributed by atoms with Crippen LogP contribution in [-0.2, 0) is 24.2 Å². The maximum Gasteiger partial charge on any atom is 0.326 e. The van der Waals surface area contributed by atoms with Crippen molar-refractivity contribution in [2.45, 2.75) is 39.3 Å². The lowest BCUT2D eigenvalue weighted by Crippen LogP contribution is -2.44. The number of aryl methyl sites for hydroxylation is 2. The van der Waals surface area contributed by atoms with E-state index in [1.54, 1.807) is 12.1 Å². The number of ether oxygens (including phenoxy) is 1. The molecule has 2 amide bonds. The van der Waals surface area contributed by atoms with E-state index in [0.29, 0.717) is 12.0 Å². The smallest absolute Gasteiger partial charge is 0.326 e. The summed E-state index contributed by atoms with van der Waals surface area (Å²) in [6, 6.07) is 4.80. The molecule has 154 valence electrons. The van der Waals surface area contributed by atoms with Crippen LogP contribution in [0.4, 0.5) is 0 Å². The van der Waals surface area contributed by atoms with Gasteiger partial charge in [-0.15, -0.1) is 0 Å². The van der Waals surface area contributed by atoms with E-state index < -0.39 is 39.8 Å². The molecule has 9 heteroatoms. The highest BCUT2D eigenvalue weighted by Crippen LogP contribution is 2.17. The third-order valence-electron chi connectivity index (χ3n) is 4.92. The van der Waals surface area contributed by atoms with Crippen molar-refractivity contribution < 1.29 is 27.5 Å². The SMILES string of the molecule is Cc1ccc(C(=O)NCC(=O)O[C@@H](C)C(=O)N(C)[C@@H]2CCS(=O)(=O)C2)cc1C. The number of carbonyl (C=O) groups is 3. The lowest BCUT2D eigenvalue weighted by molar-refractivity contribution is -0.158. The van der Waals surface area contributed by atoms with Crippen molar-refractivity contribution in [3.8, 4) is 0 Å². The van der Waals surface area contributed by atoms with Crippen LogP contribution in [0.1, 0.15) is 34.8 Å². The second-order valence-corrected chi connectivity index (χ2v) is 9.35. The first-order chi connectivity index (χ1) is 13.0. The second kappa shape index (κ2) is 8.72. The van der Waals surface area contributed by atoms with Crippen molar-refractivity contribution in [2.24, 2.45) is 0 Å². The highest BCUT2D eigenvalue weighted by Gasteiger charge is 2.34. The Hall–Kier alpha value is -2.42. The predicted octanol–water partition coefficient (Wildman–Crippen LogP) is 0.610. The maximum absolute atomic E-state index is 12.4. The third kappa shape index (κ3) is 5.54. The first kappa shape index (κ1) is 21.9. The van der Waals surface area contributed by atoms with Gasteiger partial charge in [0.05, 0.1) is 11.5 Å². The van der Waals surface area contributed by atoms with Gasteiger partial charge in [0.25, 0.3) is 11.8 Å². The van der Waals surface area contributed by atoms with Crippen LogP contribution in [0.3, 0.4) is 0 Å². The fourth-order valence-corrected chi connectivity index (χ4v) is 4.75. The van der Waals surface area contributed by atoms with Crippen LogP contribution in [0.2, 0.25) is 0 Å². The van der Waals surface area contributed by atoms with Crippen LogP contribution in [0.15, 0.2) is 18.2 Å². The zero-order valence-corrected chi connectivity index (χ0v) is 17.3. The highest BCUT2D eigenvalue weighted by molar-refractivity contribution is 7.91. The van der Waals surface area contributed by atoms with E-state index in [-0.39, 0.29) is 18.1 Å². The summed E-state index contributed by atoms with van der Waals surface area (Å²) in [6.07, 6.45) is -0.698. The molecule has 0 radical (unpaired) electrons. The summed E-state index contributed by atoms with van der Waals surface area (Å²) >= 11 is 0.